The lowest BCUT2D eigenvalue weighted by molar-refractivity contribution is 0.0812. The number of benzene rings is 2. The Morgan fingerprint density at radius 3 is 2.38 bits per heavy atom. The van der Waals surface area contributed by atoms with Gasteiger partial charge in [-0.3, -0.25) is 4.90 Å². The summed E-state index contributed by atoms with van der Waals surface area (Å²) in [7, 11) is 0. The second kappa shape index (κ2) is 8.83. The van der Waals surface area contributed by atoms with Crippen molar-refractivity contribution >= 4 is 11.7 Å². The first-order chi connectivity index (χ1) is 12.7. The lowest BCUT2D eigenvalue weighted by atomic mass is 10.0. The maximum Gasteiger partial charge on any atom is 0.321 e. The van der Waals surface area contributed by atoms with E-state index in [4.69, 9.17) is 0 Å². The second-order valence-electron chi connectivity index (χ2n) is 6.69. The van der Waals surface area contributed by atoms with Crippen molar-refractivity contribution in [3.63, 3.8) is 0 Å². The minimum atomic E-state index is -0.284. The van der Waals surface area contributed by atoms with Gasteiger partial charge in [0.05, 0.1) is 11.8 Å². The van der Waals surface area contributed by atoms with Gasteiger partial charge in [0.15, 0.2) is 0 Å². The molecule has 0 spiro atoms. The van der Waals surface area contributed by atoms with Gasteiger partial charge in [-0.25, -0.2) is 4.79 Å². The topological polar surface area (TPSA) is 55.8 Å². The molecule has 1 unspecified atom stereocenters. The normalized spacial score (nSPS) is 16.3. The number of piperazine rings is 1. The molecule has 0 bridgehead atoms. The van der Waals surface area contributed by atoms with Crippen LogP contribution >= 0.6 is 0 Å². The highest BCUT2D eigenvalue weighted by Crippen LogP contribution is 2.27. The third kappa shape index (κ3) is 4.62. The van der Waals surface area contributed by atoms with E-state index < -0.39 is 0 Å². The van der Waals surface area contributed by atoms with Crippen molar-refractivity contribution in [3.05, 3.63) is 54.6 Å². The lowest BCUT2D eigenvalue weighted by Crippen LogP contribution is -2.51. The highest BCUT2D eigenvalue weighted by Gasteiger charge is 2.22. The minimum Gasteiger partial charge on any atom is -0.392 e. The highest BCUT2D eigenvalue weighted by atomic mass is 16.3. The average molecular weight is 353 g/mol. The fourth-order valence-corrected chi connectivity index (χ4v) is 3.22. The summed E-state index contributed by atoms with van der Waals surface area (Å²) in [5.41, 5.74) is 2.93. The van der Waals surface area contributed by atoms with E-state index in [0.717, 1.165) is 36.3 Å². The first kappa shape index (κ1) is 18.4. The van der Waals surface area contributed by atoms with E-state index in [1.165, 1.54) is 0 Å². The zero-order chi connectivity index (χ0) is 18.4. The number of hydrogen-bond donors (Lipinski definition) is 2. The van der Waals surface area contributed by atoms with Crippen molar-refractivity contribution in [3.8, 4) is 11.1 Å². The van der Waals surface area contributed by atoms with Gasteiger partial charge in [0.2, 0.25) is 0 Å². The van der Waals surface area contributed by atoms with E-state index in [2.05, 4.69) is 10.2 Å². The number of para-hydroxylation sites is 1. The molecule has 1 atom stereocenters. The van der Waals surface area contributed by atoms with Gasteiger partial charge in [-0.05, 0) is 18.1 Å². The number of hydrogen-bond acceptors (Lipinski definition) is 3. The fraction of sp³-hybridized carbons (Fsp3) is 0.381. The molecule has 26 heavy (non-hydrogen) atoms. The van der Waals surface area contributed by atoms with Crippen molar-refractivity contribution in [1.82, 2.24) is 9.80 Å². The summed E-state index contributed by atoms with van der Waals surface area (Å²) >= 11 is 0. The Bertz CT molecular complexity index is 712. The number of amides is 2. The molecule has 5 nitrogen and oxygen atoms in total. The van der Waals surface area contributed by atoms with Crippen LogP contribution in [-0.4, -0.2) is 59.8 Å². The molecule has 1 saturated heterocycles. The molecule has 0 aromatic heterocycles. The lowest BCUT2D eigenvalue weighted by Gasteiger charge is -2.35. The van der Waals surface area contributed by atoms with Crippen LogP contribution in [0.4, 0.5) is 10.5 Å². The summed E-state index contributed by atoms with van der Waals surface area (Å²) in [6, 6.07) is 17.9. The molecule has 1 heterocycles. The zero-order valence-electron chi connectivity index (χ0n) is 15.3. The first-order valence-electron chi connectivity index (χ1n) is 9.28. The molecule has 1 fully saturated rings. The van der Waals surface area contributed by atoms with Crippen LogP contribution in [0.25, 0.3) is 11.1 Å². The van der Waals surface area contributed by atoms with Crippen molar-refractivity contribution < 1.29 is 9.90 Å². The van der Waals surface area contributed by atoms with Crippen LogP contribution in [0.3, 0.4) is 0 Å². The van der Waals surface area contributed by atoms with E-state index in [9.17, 15) is 9.90 Å². The summed E-state index contributed by atoms with van der Waals surface area (Å²) in [5.74, 6) is 0. The van der Waals surface area contributed by atoms with E-state index in [1.807, 2.05) is 66.4 Å². The van der Waals surface area contributed by atoms with Crippen LogP contribution < -0.4 is 5.32 Å². The molecular weight excluding hydrogens is 326 g/mol. The molecule has 0 radical (unpaired) electrons. The molecule has 3 rings (SSSR count). The maximum absolute atomic E-state index is 12.7. The summed E-state index contributed by atoms with van der Waals surface area (Å²) in [6.07, 6.45) is 0.477. The standard InChI is InChI=1S/C21H27N3O2/c1-2-18(25)16-23-12-14-24(15-13-23)21(26)22-20-11-7-6-10-19(20)17-8-4-3-5-9-17/h3-11,18,25H,2,12-16H2,1H3,(H,22,26). The molecule has 1 aliphatic heterocycles. The third-order valence-corrected chi connectivity index (χ3v) is 4.85. The van der Waals surface area contributed by atoms with Gasteiger partial charge in [-0.1, -0.05) is 55.5 Å². The molecular formula is C21H27N3O2. The Hall–Kier alpha value is -2.37. The number of urea groups is 1. The van der Waals surface area contributed by atoms with E-state index >= 15 is 0 Å². The smallest absolute Gasteiger partial charge is 0.321 e. The maximum atomic E-state index is 12.7. The second-order valence-corrected chi connectivity index (χ2v) is 6.69. The predicted molar refractivity (Wildman–Crippen MR) is 105 cm³/mol. The molecule has 2 aromatic carbocycles. The van der Waals surface area contributed by atoms with E-state index in [0.29, 0.717) is 19.6 Å². The van der Waals surface area contributed by atoms with Gasteiger partial charge >= 0.3 is 6.03 Å². The average Bonchev–Trinajstić information content (AvgIpc) is 2.69. The van der Waals surface area contributed by atoms with Gasteiger partial charge in [0.25, 0.3) is 0 Å². The number of aliphatic hydroxyl groups excluding tert-OH is 1. The number of carbonyl (C=O) groups is 1. The number of anilines is 1. The van der Waals surface area contributed by atoms with Crippen LogP contribution in [0.1, 0.15) is 13.3 Å². The number of carbonyl (C=O) groups excluding carboxylic acids is 1. The summed E-state index contributed by atoms with van der Waals surface area (Å²) in [6.45, 7) is 5.61. The Morgan fingerprint density at radius 2 is 1.69 bits per heavy atom. The van der Waals surface area contributed by atoms with Crippen molar-refractivity contribution in [2.45, 2.75) is 19.4 Å². The van der Waals surface area contributed by atoms with Crippen LogP contribution in [0.2, 0.25) is 0 Å². The van der Waals surface area contributed by atoms with Gasteiger partial charge in [0.1, 0.15) is 0 Å². The molecule has 0 aliphatic carbocycles. The number of rotatable bonds is 5. The van der Waals surface area contributed by atoms with E-state index in [-0.39, 0.29) is 12.1 Å². The van der Waals surface area contributed by atoms with Crippen LogP contribution in [0, 0.1) is 0 Å². The molecule has 2 aromatic rings. The van der Waals surface area contributed by atoms with Crippen LogP contribution in [0.5, 0.6) is 0 Å². The minimum absolute atomic E-state index is 0.0657. The molecule has 5 heteroatoms. The Balaban J connectivity index is 1.61. The third-order valence-electron chi connectivity index (χ3n) is 4.85. The first-order valence-corrected chi connectivity index (χ1v) is 9.28. The van der Waals surface area contributed by atoms with Crippen molar-refractivity contribution in [1.29, 1.82) is 0 Å². The summed E-state index contributed by atoms with van der Waals surface area (Å²) in [5, 5.41) is 12.8. The van der Waals surface area contributed by atoms with Crippen molar-refractivity contribution in [2.24, 2.45) is 0 Å². The highest BCUT2D eigenvalue weighted by molar-refractivity contribution is 5.94. The van der Waals surface area contributed by atoms with Gasteiger partial charge in [-0.2, -0.15) is 0 Å². The quantitative estimate of drug-likeness (QED) is 0.867. The molecule has 1 aliphatic rings. The monoisotopic (exact) mass is 353 g/mol. The van der Waals surface area contributed by atoms with Crippen LogP contribution in [0.15, 0.2) is 54.6 Å². The molecule has 2 N–H and O–H groups in total. The Labute approximate surface area is 155 Å². The van der Waals surface area contributed by atoms with E-state index in [1.54, 1.807) is 0 Å². The fourth-order valence-electron chi connectivity index (χ4n) is 3.22. The number of β-amino-alcohol motifs (C(OH)–C–C–N with tert-alkyl or cyclic N) is 1. The molecule has 2 amide bonds. The van der Waals surface area contributed by atoms with Crippen molar-refractivity contribution in [2.75, 3.05) is 38.0 Å². The summed E-state index contributed by atoms with van der Waals surface area (Å²) < 4.78 is 0. The number of nitrogens with one attached hydrogen (secondary N) is 1. The predicted octanol–water partition coefficient (Wildman–Crippen LogP) is 3.27. The Morgan fingerprint density at radius 1 is 1.04 bits per heavy atom. The number of aliphatic hydroxyl groups is 1. The van der Waals surface area contributed by atoms with Crippen LogP contribution in [-0.2, 0) is 0 Å². The van der Waals surface area contributed by atoms with Gasteiger partial charge in [0, 0.05) is 38.3 Å². The molecule has 138 valence electrons. The van der Waals surface area contributed by atoms with Gasteiger partial charge < -0.3 is 15.3 Å². The number of nitrogens with zero attached hydrogens (tertiary/aromatic N) is 2. The SMILES string of the molecule is CCC(O)CN1CCN(C(=O)Nc2ccccc2-c2ccccc2)CC1. The molecule has 0 saturated carbocycles. The van der Waals surface area contributed by atoms with Gasteiger partial charge in [-0.15, -0.1) is 0 Å². The Kier molecular flexibility index (Phi) is 6.26. The largest absolute Gasteiger partial charge is 0.392 e. The zero-order valence-corrected chi connectivity index (χ0v) is 15.3. The summed E-state index contributed by atoms with van der Waals surface area (Å²) in [4.78, 5) is 16.7.